The largest absolute Gasteiger partial charge is 0.507 e. The first-order valence-electron chi connectivity index (χ1n) is 14.0. The van der Waals surface area contributed by atoms with E-state index in [-0.39, 0.29) is 30.1 Å². The predicted molar refractivity (Wildman–Crippen MR) is 150 cm³/mol. The highest BCUT2D eigenvalue weighted by atomic mass is 16.4. The molecule has 0 aromatic heterocycles. The molecule has 0 spiro atoms. The second-order valence-electron chi connectivity index (χ2n) is 12.9. The Morgan fingerprint density at radius 2 is 1.76 bits per heavy atom. The smallest absolute Gasteiger partial charge is 0.230 e. The van der Waals surface area contributed by atoms with Crippen LogP contribution in [-0.2, 0) is 22.4 Å². The zero-order valence-corrected chi connectivity index (χ0v) is 23.7. The molecule has 3 aliphatic rings. The molecule has 2 unspecified atom stereocenters. The molecule has 6 N–H and O–H groups in total. The van der Waals surface area contributed by atoms with E-state index >= 15 is 0 Å². The summed E-state index contributed by atoms with van der Waals surface area (Å²) in [5.41, 5.74) is 2.80. The maximum Gasteiger partial charge on any atom is 0.230 e. The first-order chi connectivity index (χ1) is 19.2. The van der Waals surface area contributed by atoms with Gasteiger partial charge in [-0.25, -0.2) is 0 Å². The Morgan fingerprint density at radius 1 is 1.10 bits per heavy atom. The van der Waals surface area contributed by atoms with Crippen LogP contribution in [0.15, 0.2) is 42.5 Å². The van der Waals surface area contributed by atoms with Crippen LogP contribution in [0.1, 0.15) is 61.2 Å². The molecule has 8 heteroatoms. The minimum atomic E-state index is -2.53. The molecule has 0 heterocycles. The molecule has 2 aromatic carbocycles. The number of nitrogens with two attached hydrogens (primary N) is 1. The number of rotatable bonds is 3. The summed E-state index contributed by atoms with van der Waals surface area (Å²) in [6.07, 6.45) is -2.55. The quantitative estimate of drug-likeness (QED) is 0.285. The molecule has 2 saturated carbocycles. The summed E-state index contributed by atoms with van der Waals surface area (Å²) in [5, 5.41) is 46.1. The van der Waals surface area contributed by atoms with Crippen molar-refractivity contribution in [3.8, 4) is 17.6 Å². The van der Waals surface area contributed by atoms with Crippen LogP contribution in [0.5, 0.6) is 5.75 Å². The number of carbonyl (C=O) groups excluding carboxylic acids is 3. The third kappa shape index (κ3) is 4.05. The van der Waals surface area contributed by atoms with E-state index in [1.807, 2.05) is 51.1 Å². The van der Waals surface area contributed by atoms with Gasteiger partial charge in [-0.3, -0.25) is 14.4 Å². The summed E-state index contributed by atoms with van der Waals surface area (Å²) in [6.45, 7) is 7.10. The summed E-state index contributed by atoms with van der Waals surface area (Å²) in [7, 11) is 0. The molecule has 2 fully saturated rings. The van der Waals surface area contributed by atoms with Crippen molar-refractivity contribution in [2.24, 2.45) is 40.2 Å². The number of carbonyl (C=O) groups is 3. The highest BCUT2D eigenvalue weighted by molar-refractivity contribution is 6.09. The molecule has 0 bridgehead atoms. The van der Waals surface area contributed by atoms with Crippen LogP contribution in [0.4, 0.5) is 0 Å². The van der Waals surface area contributed by atoms with Crippen LogP contribution in [-0.4, -0.2) is 55.7 Å². The Kier molecular flexibility index (Phi) is 6.93. The number of phenols is 1. The van der Waals surface area contributed by atoms with Gasteiger partial charge in [-0.1, -0.05) is 69.9 Å². The van der Waals surface area contributed by atoms with E-state index < -0.39 is 63.9 Å². The molecule has 2 aromatic rings. The highest BCUT2D eigenvalue weighted by Gasteiger charge is 2.75. The maximum absolute atomic E-state index is 14.1. The zero-order chi connectivity index (χ0) is 30.1. The molecule has 0 radical (unpaired) electrons. The molecule has 216 valence electrons. The molecule has 1 amide bonds. The van der Waals surface area contributed by atoms with Crippen molar-refractivity contribution >= 4 is 17.5 Å². The fourth-order valence-electron chi connectivity index (χ4n) is 8.49. The van der Waals surface area contributed by atoms with Gasteiger partial charge in [0, 0.05) is 17.4 Å². The number of amides is 1. The average Bonchev–Trinajstić information content (AvgIpc) is 2.87. The van der Waals surface area contributed by atoms with Gasteiger partial charge in [-0.15, -0.1) is 0 Å². The molecule has 5 rings (SSSR count). The lowest BCUT2D eigenvalue weighted by atomic mass is 9.39. The van der Waals surface area contributed by atoms with Crippen LogP contribution in [0.2, 0.25) is 0 Å². The number of phenolic OH excluding ortho intramolecular Hbond substituents is 1. The molecule has 3 aliphatic carbocycles. The van der Waals surface area contributed by atoms with Crippen molar-refractivity contribution in [2.45, 2.75) is 64.8 Å². The SMILES string of the molecule is CC(C)[C@H]1C(O)[C@@H](C(N)=O)C(=O)[C@]2(O)C(O)[C@H]3C(=O)c4c(O)ccc(C#CCc5ccccc5)c4C[C@]3(C)C[C@]12C. The summed E-state index contributed by atoms with van der Waals surface area (Å²) in [6, 6.07) is 12.8. The number of ketones is 2. The molecular weight excluding hydrogens is 522 g/mol. The third-order valence-corrected chi connectivity index (χ3v) is 10.0. The van der Waals surface area contributed by atoms with Crippen molar-refractivity contribution in [1.82, 2.24) is 0 Å². The van der Waals surface area contributed by atoms with Crippen LogP contribution < -0.4 is 5.73 Å². The first-order valence-corrected chi connectivity index (χ1v) is 14.0. The number of hydrogen-bond acceptors (Lipinski definition) is 7. The van der Waals surface area contributed by atoms with Gasteiger partial charge in [0.1, 0.15) is 17.8 Å². The Labute approximate surface area is 239 Å². The lowest BCUT2D eigenvalue weighted by molar-refractivity contribution is -0.265. The normalized spacial score (nSPS) is 36.0. The molecule has 41 heavy (non-hydrogen) atoms. The zero-order valence-electron chi connectivity index (χ0n) is 23.7. The summed E-state index contributed by atoms with van der Waals surface area (Å²) >= 11 is 0. The Bertz CT molecular complexity index is 1490. The minimum absolute atomic E-state index is 0.0143. The number of Topliss-reactive ketones (excluding diaryl/α,β-unsaturated/α-hetero) is 2. The molecule has 0 aliphatic heterocycles. The van der Waals surface area contributed by atoms with E-state index in [1.54, 1.807) is 13.0 Å². The Balaban J connectivity index is 1.64. The van der Waals surface area contributed by atoms with Crippen molar-refractivity contribution in [1.29, 1.82) is 0 Å². The van der Waals surface area contributed by atoms with Crippen molar-refractivity contribution < 1.29 is 34.8 Å². The van der Waals surface area contributed by atoms with E-state index in [0.717, 1.165) is 5.56 Å². The Morgan fingerprint density at radius 3 is 2.37 bits per heavy atom. The van der Waals surface area contributed by atoms with Gasteiger partial charge in [0.05, 0.1) is 17.6 Å². The number of hydrogen-bond donors (Lipinski definition) is 5. The standard InChI is InChI=1S/C33H37NO7/c1-17(2)24-27(37)23(30(34)40)28(38)33(41)29(39)25-26(36)22-20(15-31(25,3)16-32(24,33)4)19(13-14-21(22)35)12-8-11-18-9-6-5-7-10-18/h5-7,9-10,13-14,17,23-25,27,29,35,37,39,41H,11,15-16H2,1-4H3,(H2,34,40)/t23-,24+,25-,27?,29?,31-,32-,33+/m1/s1. The molecular formula is C33H37NO7. The van der Waals surface area contributed by atoms with Crippen LogP contribution in [0.25, 0.3) is 0 Å². The first kappa shape index (κ1) is 29.0. The van der Waals surface area contributed by atoms with E-state index in [0.29, 0.717) is 17.5 Å². The third-order valence-electron chi connectivity index (χ3n) is 10.0. The van der Waals surface area contributed by atoms with E-state index in [1.165, 1.54) is 6.07 Å². The Hall–Kier alpha value is -3.51. The molecule has 8 atom stereocenters. The monoisotopic (exact) mass is 559 g/mol. The maximum atomic E-state index is 14.1. The van der Waals surface area contributed by atoms with Gasteiger partial charge in [0.25, 0.3) is 0 Å². The van der Waals surface area contributed by atoms with Gasteiger partial charge in [-0.2, -0.15) is 0 Å². The highest BCUT2D eigenvalue weighted by Crippen LogP contribution is 2.65. The van der Waals surface area contributed by atoms with Gasteiger partial charge >= 0.3 is 0 Å². The minimum Gasteiger partial charge on any atom is -0.507 e. The lowest BCUT2D eigenvalue weighted by Crippen LogP contribution is -2.79. The van der Waals surface area contributed by atoms with Gasteiger partial charge in [0.2, 0.25) is 5.91 Å². The number of aromatic hydroxyl groups is 1. The number of primary amides is 1. The predicted octanol–water partition coefficient (Wildman–Crippen LogP) is 2.17. The summed E-state index contributed by atoms with van der Waals surface area (Å²) in [4.78, 5) is 40.2. The summed E-state index contributed by atoms with van der Waals surface area (Å²) in [5.74, 6) is -0.822. The number of aliphatic hydroxyl groups excluding tert-OH is 2. The van der Waals surface area contributed by atoms with Gasteiger partial charge in [-0.05, 0) is 53.4 Å². The van der Waals surface area contributed by atoms with Crippen LogP contribution in [0, 0.1) is 46.3 Å². The average molecular weight is 560 g/mol. The molecule has 0 saturated heterocycles. The fourth-order valence-corrected chi connectivity index (χ4v) is 8.49. The van der Waals surface area contributed by atoms with Gasteiger partial charge in [0.15, 0.2) is 17.2 Å². The second-order valence-corrected chi connectivity index (χ2v) is 12.9. The molecule has 8 nitrogen and oxygen atoms in total. The van der Waals surface area contributed by atoms with Crippen molar-refractivity contribution in [2.75, 3.05) is 0 Å². The lowest BCUT2D eigenvalue weighted by Gasteiger charge is -2.66. The van der Waals surface area contributed by atoms with Crippen molar-refractivity contribution in [3.63, 3.8) is 0 Å². The number of benzene rings is 2. The van der Waals surface area contributed by atoms with E-state index in [2.05, 4.69) is 11.8 Å². The van der Waals surface area contributed by atoms with Crippen LogP contribution >= 0.6 is 0 Å². The topological polar surface area (TPSA) is 158 Å². The number of fused-ring (bicyclic) bond motifs is 3. The van der Waals surface area contributed by atoms with Gasteiger partial charge < -0.3 is 26.2 Å². The van der Waals surface area contributed by atoms with E-state index in [9.17, 15) is 34.8 Å². The fraction of sp³-hybridized carbons (Fsp3) is 0.485. The van der Waals surface area contributed by atoms with Crippen LogP contribution in [0.3, 0.4) is 0 Å². The van der Waals surface area contributed by atoms with E-state index in [4.69, 9.17) is 5.73 Å². The summed E-state index contributed by atoms with van der Waals surface area (Å²) < 4.78 is 0. The van der Waals surface area contributed by atoms with Crippen molar-refractivity contribution in [3.05, 3.63) is 64.7 Å². The second kappa shape index (κ2) is 9.80. The number of aliphatic hydroxyl groups is 3.